The first kappa shape index (κ1) is 28.0. The summed E-state index contributed by atoms with van der Waals surface area (Å²) in [6.45, 7) is 9.63. The Morgan fingerprint density at radius 1 is 1.03 bits per heavy atom. The normalized spacial score (nSPS) is 45.0. The number of rotatable bonds is 4. The van der Waals surface area contributed by atoms with E-state index in [9.17, 15) is 34.8 Å². The van der Waals surface area contributed by atoms with Crippen molar-refractivity contribution in [2.75, 3.05) is 6.61 Å². The minimum absolute atomic E-state index is 0.00685. The van der Waals surface area contributed by atoms with Gasteiger partial charge >= 0.3 is 17.9 Å². The van der Waals surface area contributed by atoms with Crippen molar-refractivity contribution >= 4 is 17.9 Å². The molecule has 4 rings (SSSR count). The van der Waals surface area contributed by atoms with Crippen molar-refractivity contribution in [3.63, 3.8) is 0 Å². The summed E-state index contributed by atoms with van der Waals surface area (Å²) in [5.74, 6) is -3.21. The molecule has 11 nitrogen and oxygen atoms in total. The lowest BCUT2D eigenvalue weighted by atomic mass is 9.49. The molecule has 11 heteroatoms. The molecule has 2 saturated carbocycles. The summed E-state index contributed by atoms with van der Waals surface area (Å²) in [6.07, 6.45) is -7.63. The third-order valence-corrected chi connectivity index (χ3v) is 9.34. The van der Waals surface area contributed by atoms with Crippen LogP contribution in [0.1, 0.15) is 61.3 Å². The Morgan fingerprint density at radius 2 is 1.62 bits per heavy atom. The maximum atomic E-state index is 12.6. The summed E-state index contributed by atoms with van der Waals surface area (Å²) in [5.41, 5.74) is -5.75. The Hall–Kier alpha value is -2.05. The molecule has 0 amide bonds. The van der Waals surface area contributed by atoms with E-state index in [4.69, 9.17) is 18.9 Å². The predicted octanol–water partition coefficient (Wildman–Crippen LogP) is 0.151. The Morgan fingerprint density at radius 3 is 2.08 bits per heavy atom. The molecule has 3 fully saturated rings. The van der Waals surface area contributed by atoms with E-state index in [1.54, 1.807) is 13.8 Å². The lowest BCUT2D eigenvalue weighted by molar-refractivity contribution is -0.352. The monoisotopic (exact) mass is 526 g/mol. The quantitative estimate of drug-likeness (QED) is 0.223. The number of aliphatic hydroxyl groups excluding tert-OH is 3. The zero-order valence-corrected chi connectivity index (χ0v) is 22.3. The van der Waals surface area contributed by atoms with Crippen molar-refractivity contribution in [3.05, 3.63) is 11.1 Å². The molecule has 37 heavy (non-hydrogen) atoms. The highest BCUT2D eigenvalue weighted by molar-refractivity contribution is 5.69. The molecule has 0 aromatic carbocycles. The van der Waals surface area contributed by atoms with Crippen LogP contribution in [0.5, 0.6) is 0 Å². The molecule has 0 bridgehead atoms. The summed E-state index contributed by atoms with van der Waals surface area (Å²) < 4.78 is 23.3. The Bertz CT molecular complexity index is 1030. The molecular formula is C26H38O11. The Kier molecular flexibility index (Phi) is 6.61. The number of carbonyl (C=O) groups is 3. The third kappa shape index (κ3) is 3.69. The summed E-state index contributed by atoms with van der Waals surface area (Å²) in [5, 5.41) is 46.4. The Labute approximate surface area is 215 Å². The van der Waals surface area contributed by atoms with Crippen LogP contribution in [0.15, 0.2) is 11.1 Å². The highest BCUT2D eigenvalue weighted by atomic mass is 16.6. The van der Waals surface area contributed by atoms with E-state index in [1.165, 1.54) is 34.6 Å². The number of ether oxygens (including phenoxy) is 4. The van der Waals surface area contributed by atoms with Crippen molar-refractivity contribution in [2.24, 2.45) is 16.7 Å². The van der Waals surface area contributed by atoms with E-state index in [0.29, 0.717) is 5.57 Å². The fraction of sp³-hybridized carbons (Fsp3) is 0.808. The fourth-order valence-electron chi connectivity index (χ4n) is 7.70. The van der Waals surface area contributed by atoms with Gasteiger partial charge < -0.3 is 39.4 Å². The van der Waals surface area contributed by atoms with Gasteiger partial charge in [-0.25, -0.2) is 0 Å². The van der Waals surface area contributed by atoms with Crippen molar-refractivity contribution < 1.29 is 53.8 Å². The third-order valence-electron chi connectivity index (χ3n) is 9.34. The second kappa shape index (κ2) is 8.74. The molecule has 0 spiro atoms. The van der Waals surface area contributed by atoms with E-state index < -0.39 is 82.5 Å². The molecule has 10 atom stereocenters. The van der Waals surface area contributed by atoms with E-state index in [0.717, 1.165) is 0 Å². The van der Waals surface area contributed by atoms with Crippen LogP contribution in [0.3, 0.4) is 0 Å². The molecule has 1 heterocycles. The zero-order valence-electron chi connectivity index (χ0n) is 22.3. The molecule has 1 saturated heterocycles. The van der Waals surface area contributed by atoms with Crippen LogP contribution in [-0.4, -0.2) is 92.8 Å². The highest BCUT2D eigenvalue weighted by Gasteiger charge is 2.79. The van der Waals surface area contributed by atoms with E-state index >= 15 is 0 Å². The van der Waals surface area contributed by atoms with Crippen LogP contribution in [0.2, 0.25) is 0 Å². The van der Waals surface area contributed by atoms with Gasteiger partial charge in [-0.2, -0.15) is 0 Å². The van der Waals surface area contributed by atoms with Gasteiger partial charge in [0.1, 0.15) is 18.3 Å². The highest BCUT2D eigenvalue weighted by Crippen LogP contribution is 2.68. The number of hydrogen-bond donors (Lipinski definition) is 4. The number of aliphatic hydroxyl groups is 4. The molecule has 4 N–H and O–H groups in total. The number of esters is 3. The van der Waals surface area contributed by atoms with Crippen LogP contribution < -0.4 is 0 Å². The van der Waals surface area contributed by atoms with E-state index in [1.807, 2.05) is 0 Å². The lowest BCUT2D eigenvalue weighted by Crippen LogP contribution is -2.78. The SMILES string of the molecule is CC(=O)O[C@@H]1C2=C(C)[C@@H](O)C[C@]2(C(C)(C)O)[C@@H](OC(C)=O)[C@@H]2[C@]3(OC(C)=O)CO[C@@H]3C[C@H](O)[C@@]2(C)[C@H]1O. The van der Waals surface area contributed by atoms with Gasteiger partial charge in [0.05, 0.1) is 35.7 Å². The number of hydrogen-bond acceptors (Lipinski definition) is 11. The first-order valence-electron chi connectivity index (χ1n) is 12.6. The standard InChI is InChI=1S/C26H38O11/c1-11-15(30)9-25(23(5,6)33)18(11)19(35-12(2)27)21(32)24(7)16(31)8-17-26(10-34-17,37-14(4)29)20(24)22(25)36-13(3)28/h15-17,19-22,30-33H,8-10H2,1-7H3/t15-,16-,17+,19+,20-,21-,22-,24+,25+,26-/m0/s1. The largest absolute Gasteiger partial charge is 0.461 e. The first-order valence-corrected chi connectivity index (χ1v) is 12.6. The van der Waals surface area contributed by atoms with Crippen LogP contribution in [0.25, 0.3) is 0 Å². The average Bonchev–Trinajstić information content (AvgIpc) is 2.99. The predicted molar refractivity (Wildman–Crippen MR) is 126 cm³/mol. The van der Waals surface area contributed by atoms with Gasteiger partial charge in [-0.05, 0) is 38.3 Å². The summed E-state index contributed by atoms with van der Waals surface area (Å²) in [4.78, 5) is 37.4. The summed E-state index contributed by atoms with van der Waals surface area (Å²) in [6, 6.07) is 0. The minimum atomic E-state index is -1.72. The van der Waals surface area contributed by atoms with Crippen molar-refractivity contribution in [1.29, 1.82) is 0 Å². The van der Waals surface area contributed by atoms with Gasteiger partial charge in [-0.15, -0.1) is 0 Å². The maximum Gasteiger partial charge on any atom is 0.303 e. The zero-order chi connectivity index (χ0) is 27.9. The van der Waals surface area contributed by atoms with Gasteiger partial charge in [0.25, 0.3) is 0 Å². The molecular weight excluding hydrogens is 488 g/mol. The van der Waals surface area contributed by atoms with Crippen LogP contribution in [0, 0.1) is 16.7 Å². The minimum Gasteiger partial charge on any atom is -0.461 e. The molecule has 3 aliphatic carbocycles. The van der Waals surface area contributed by atoms with Gasteiger partial charge in [-0.1, -0.05) is 6.92 Å². The molecule has 208 valence electrons. The number of carbonyl (C=O) groups excluding carboxylic acids is 3. The Balaban J connectivity index is 2.14. The van der Waals surface area contributed by atoms with Gasteiger partial charge in [0.15, 0.2) is 11.7 Å². The smallest absolute Gasteiger partial charge is 0.303 e. The molecule has 0 unspecified atom stereocenters. The van der Waals surface area contributed by atoms with E-state index in [-0.39, 0.29) is 25.0 Å². The summed E-state index contributed by atoms with van der Waals surface area (Å²) >= 11 is 0. The summed E-state index contributed by atoms with van der Waals surface area (Å²) in [7, 11) is 0. The molecule has 0 radical (unpaired) electrons. The van der Waals surface area contributed by atoms with Crippen LogP contribution in [-0.2, 0) is 33.3 Å². The van der Waals surface area contributed by atoms with Gasteiger partial charge in [-0.3, -0.25) is 14.4 Å². The van der Waals surface area contributed by atoms with E-state index in [2.05, 4.69) is 0 Å². The average molecular weight is 527 g/mol. The topological polar surface area (TPSA) is 169 Å². The van der Waals surface area contributed by atoms with Crippen LogP contribution in [0.4, 0.5) is 0 Å². The van der Waals surface area contributed by atoms with Crippen LogP contribution >= 0.6 is 0 Å². The van der Waals surface area contributed by atoms with Gasteiger partial charge in [0, 0.05) is 32.6 Å². The molecule has 1 aliphatic heterocycles. The van der Waals surface area contributed by atoms with Gasteiger partial charge in [0.2, 0.25) is 0 Å². The molecule has 4 aliphatic rings. The fourth-order valence-corrected chi connectivity index (χ4v) is 7.70. The van der Waals surface area contributed by atoms with Crippen molar-refractivity contribution in [3.8, 4) is 0 Å². The first-order chi connectivity index (χ1) is 16.9. The van der Waals surface area contributed by atoms with Crippen molar-refractivity contribution in [1.82, 2.24) is 0 Å². The lowest BCUT2D eigenvalue weighted by Gasteiger charge is -2.65. The second-order valence-electron chi connectivity index (χ2n) is 11.8. The molecule has 0 aromatic rings. The van der Waals surface area contributed by atoms with Crippen molar-refractivity contribution in [2.45, 2.75) is 109 Å². The number of fused-ring (bicyclic) bond motifs is 4. The second-order valence-corrected chi connectivity index (χ2v) is 11.8. The maximum absolute atomic E-state index is 12.6. The molecule has 0 aromatic heterocycles.